The Labute approximate surface area is 124 Å². The van der Waals surface area contributed by atoms with E-state index < -0.39 is 0 Å². The summed E-state index contributed by atoms with van der Waals surface area (Å²) in [5, 5.41) is 4.60. The summed E-state index contributed by atoms with van der Waals surface area (Å²) in [6.07, 6.45) is 2.06. The molecule has 3 heteroatoms. The molecule has 0 spiro atoms. The second-order valence-corrected chi connectivity index (χ2v) is 5.94. The molecule has 0 aromatic heterocycles. The van der Waals surface area contributed by atoms with E-state index in [1.807, 2.05) is 6.07 Å². The summed E-state index contributed by atoms with van der Waals surface area (Å²) in [6.45, 7) is 2.23. The van der Waals surface area contributed by atoms with Crippen molar-refractivity contribution in [3.05, 3.63) is 71.8 Å². The van der Waals surface area contributed by atoms with Gasteiger partial charge in [0.2, 0.25) is 0 Å². The van der Waals surface area contributed by atoms with Gasteiger partial charge in [-0.1, -0.05) is 72.4 Å². The molecule has 2 aromatic rings. The van der Waals surface area contributed by atoms with E-state index in [4.69, 9.17) is 4.99 Å². The van der Waals surface area contributed by atoms with Crippen LogP contribution in [0.2, 0.25) is 0 Å². The highest BCUT2D eigenvalue weighted by molar-refractivity contribution is 8.13. The zero-order valence-electron chi connectivity index (χ0n) is 11.7. The highest BCUT2D eigenvalue weighted by atomic mass is 32.2. The molecule has 2 nitrogen and oxygen atoms in total. The molecule has 102 valence electrons. The van der Waals surface area contributed by atoms with Crippen LogP contribution in [-0.4, -0.2) is 11.4 Å². The molecule has 20 heavy (non-hydrogen) atoms. The maximum atomic E-state index is 4.87. The minimum atomic E-state index is -0.193. The van der Waals surface area contributed by atoms with Crippen LogP contribution >= 0.6 is 11.8 Å². The topological polar surface area (TPSA) is 24.4 Å². The molecule has 0 aliphatic carbocycles. The maximum absolute atomic E-state index is 4.87. The Morgan fingerprint density at radius 3 is 2.20 bits per heavy atom. The number of benzene rings is 2. The lowest BCUT2D eigenvalue weighted by Gasteiger charge is -2.32. The number of aliphatic imine (C=N–C) groups is 1. The molecule has 2 atom stereocenters. The lowest BCUT2D eigenvalue weighted by atomic mass is 9.82. The van der Waals surface area contributed by atoms with Gasteiger partial charge in [-0.3, -0.25) is 4.99 Å². The predicted octanol–water partition coefficient (Wildman–Crippen LogP) is 3.97. The number of hydrogen-bond acceptors (Lipinski definition) is 3. The van der Waals surface area contributed by atoms with Gasteiger partial charge >= 0.3 is 0 Å². The first-order valence-corrected chi connectivity index (χ1v) is 7.97. The largest absolute Gasteiger partial charge is 0.353 e. The molecule has 2 aromatic carbocycles. The van der Waals surface area contributed by atoms with E-state index in [0.29, 0.717) is 0 Å². The van der Waals surface area contributed by atoms with Crippen molar-refractivity contribution in [3.63, 3.8) is 0 Å². The Balaban J connectivity index is 2.06. The van der Waals surface area contributed by atoms with Crippen LogP contribution in [0.1, 0.15) is 24.1 Å². The normalized spacial score (nSPS) is 25.1. The molecule has 1 aliphatic rings. The molecule has 2 unspecified atom stereocenters. The molecule has 0 amide bonds. The minimum absolute atomic E-state index is 0.105. The summed E-state index contributed by atoms with van der Waals surface area (Å²) in [5.74, 6) is 0. The van der Waals surface area contributed by atoms with Crippen LogP contribution < -0.4 is 5.32 Å². The van der Waals surface area contributed by atoms with E-state index in [2.05, 4.69) is 73.1 Å². The van der Waals surface area contributed by atoms with Gasteiger partial charge in [-0.05, 0) is 24.3 Å². The molecule has 0 saturated heterocycles. The smallest absolute Gasteiger partial charge is 0.157 e. The van der Waals surface area contributed by atoms with Gasteiger partial charge in [0.25, 0.3) is 0 Å². The van der Waals surface area contributed by atoms with Crippen LogP contribution in [0, 0.1) is 0 Å². The zero-order valence-corrected chi connectivity index (χ0v) is 12.5. The number of thioether (sulfide) groups is 1. The van der Waals surface area contributed by atoms with E-state index in [-0.39, 0.29) is 11.6 Å². The lowest BCUT2D eigenvalue weighted by Crippen LogP contribution is -2.40. The van der Waals surface area contributed by atoms with Gasteiger partial charge < -0.3 is 5.32 Å². The van der Waals surface area contributed by atoms with Crippen molar-refractivity contribution in [3.8, 4) is 0 Å². The van der Waals surface area contributed by atoms with Gasteiger partial charge in [0.05, 0.1) is 5.54 Å². The van der Waals surface area contributed by atoms with Crippen LogP contribution in [0.4, 0.5) is 0 Å². The van der Waals surface area contributed by atoms with Crippen LogP contribution in [0.25, 0.3) is 0 Å². The van der Waals surface area contributed by atoms with Crippen LogP contribution in [0.15, 0.2) is 65.7 Å². The Morgan fingerprint density at radius 1 is 1.00 bits per heavy atom. The van der Waals surface area contributed by atoms with Crippen molar-refractivity contribution in [1.29, 1.82) is 0 Å². The van der Waals surface area contributed by atoms with E-state index in [0.717, 1.165) is 5.17 Å². The quantitative estimate of drug-likeness (QED) is 0.901. The van der Waals surface area contributed by atoms with Gasteiger partial charge in [0, 0.05) is 0 Å². The summed E-state index contributed by atoms with van der Waals surface area (Å²) in [6, 6.07) is 21.2. The molecule has 0 fully saturated rings. The van der Waals surface area contributed by atoms with E-state index in [9.17, 15) is 0 Å². The van der Waals surface area contributed by atoms with Crippen molar-refractivity contribution in [1.82, 2.24) is 5.32 Å². The fourth-order valence-corrected chi connectivity index (χ4v) is 3.26. The molecule has 0 radical (unpaired) electrons. The zero-order chi connectivity index (χ0) is 14.0. The van der Waals surface area contributed by atoms with Crippen LogP contribution in [0.5, 0.6) is 0 Å². The Bertz CT molecular complexity index is 609. The van der Waals surface area contributed by atoms with Gasteiger partial charge in [-0.15, -0.1) is 0 Å². The van der Waals surface area contributed by atoms with Crippen molar-refractivity contribution in [2.24, 2.45) is 4.99 Å². The molecule has 1 N–H and O–H groups in total. The Morgan fingerprint density at radius 2 is 1.60 bits per heavy atom. The highest BCUT2D eigenvalue weighted by Crippen LogP contribution is 2.42. The SMILES string of the molecule is CSC1=NC(c2ccccc2)C(C)(c2ccccc2)N1. The molecule has 1 aliphatic heterocycles. The van der Waals surface area contributed by atoms with Crippen molar-refractivity contribution >= 4 is 16.9 Å². The van der Waals surface area contributed by atoms with Crippen molar-refractivity contribution in [2.45, 2.75) is 18.5 Å². The number of hydrogen-bond donors (Lipinski definition) is 1. The molecular formula is C17H18N2S. The third-order valence-electron chi connectivity index (χ3n) is 3.84. The first-order chi connectivity index (χ1) is 9.74. The third-order valence-corrected chi connectivity index (χ3v) is 4.44. The average Bonchev–Trinajstić information content (AvgIpc) is 2.87. The van der Waals surface area contributed by atoms with E-state index in [1.165, 1.54) is 11.1 Å². The fourth-order valence-electron chi connectivity index (χ4n) is 2.73. The monoisotopic (exact) mass is 282 g/mol. The first-order valence-electron chi connectivity index (χ1n) is 6.74. The lowest BCUT2D eigenvalue weighted by molar-refractivity contribution is 0.387. The van der Waals surface area contributed by atoms with Crippen LogP contribution in [-0.2, 0) is 5.54 Å². The number of nitrogens with one attached hydrogen (secondary N) is 1. The standard InChI is InChI=1S/C17H18N2S/c1-17(14-11-7-4-8-12-14)15(18-16(19-17)20-2)13-9-5-3-6-10-13/h3-12,15H,1-2H3,(H,18,19). The molecular weight excluding hydrogens is 264 g/mol. The second kappa shape index (κ2) is 5.33. The van der Waals surface area contributed by atoms with Crippen molar-refractivity contribution < 1.29 is 0 Å². The summed E-state index contributed by atoms with van der Waals surface area (Å²) >= 11 is 1.67. The summed E-state index contributed by atoms with van der Waals surface area (Å²) in [7, 11) is 0. The Kier molecular flexibility index (Phi) is 3.53. The van der Waals surface area contributed by atoms with Gasteiger partial charge in [0.1, 0.15) is 6.04 Å². The van der Waals surface area contributed by atoms with E-state index in [1.54, 1.807) is 11.8 Å². The summed E-state index contributed by atoms with van der Waals surface area (Å²) < 4.78 is 0. The molecule has 0 saturated carbocycles. The summed E-state index contributed by atoms with van der Waals surface area (Å²) in [5.41, 5.74) is 2.32. The van der Waals surface area contributed by atoms with Gasteiger partial charge in [0.15, 0.2) is 5.17 Å². The third kappa shape index (κ3) is 2.22. The predicted molar refractivity (Wildman–Crippen MR) is 87.1 cm³/mol. The second-order valence-electron chi connectivity index (χ2n) is 5.14. The van der Waals surface area contributed by atoms with Crippen LogP contribution in [0.3, 0.4) is 0 Å². The minimum Gasteiger partial charge on any atom is -0.353 e. The Hall–Kier alpha value is -1.74. The summed E-state index contributed by atoms with van der Waals surface area (Å²) in [4.78, 5) is 4.87. The van der Waals surface area contributed by atoms with Gasteiger partial charge in [-0.2, -0.15) is 0 Å². The highest BCUT2D eigenvalue weighted by Gasteiger charge is 2.42. The number of amidine groups is 1. The average molecular weight is 282 g/mol. The maximum Gasteiger partial charge on any atom is 0.157 e. The fraction of sp³-hybridized carbons (Fsp3) is 0.235. The molecule has 0 bridgehead atoms. The number of nitrogens with zero attached hydrogens (tertiary/aromatic N) is 1. The van der Waals surface area contributed by atoms with Crippen molar-refractivity contribution in [2.75, 3.05) is 6.26 Å². The molecule has 3 rings (SSSR count). The van der Waals surface area contributed by atoms with E-state index >= 15 is 0 Å². The molecule has 1 heterocycles. The first kappa shape index (κ1) is 13.3. The van der Waals surface area contributed by atoms with Gasteiger partial charge in [-0.25, -0.2) is 0 Å². The number of rotatable bonds is 2.